The van der Waals surface area contributed by atoms with Gasteiger partial charge in [-0.25, -0.2) is 0 Å². The first-order valence-electron chi connectivity index (χ1n) is 5.12. The first-order chi connectivity index (χ1) is 8.56. The highest BCUT2D eigenvalue weighted by Crippen LogP contribution is 2.24. The molecular formula is C12H10Br2N2S2. The van der Waals surface area contributed by atoms with E-state index >= 15 is 0 Å². The quantitative estimate of drug-likeness (QED) is 0.734. The minimum atomic E-state index is 0.395. The number of hydrogen-bond donors (Lipinski definition) is 2. The van der Waals surface area contributed by atoms with Gasteiger partial charge in [-0.3, -0.25) is 0 Å². The van der Waals surface area contributed by atoms with Crippen LogP contribution >= 0.6 is 55.4 Å². The SMILES string of the molecule is NC(=S)c1cc(Br)ccc1NCc1cc(Br)cs1. The maximum Gasteiger partial charge on any atom is 0.106 e. The zero-order valence-electron chi connectivity index (χ0n) is 9.24. The lowest BCUT2D eigenvalue weighted by Gasteiger charge is -2.10. The Balaban J connectivity index is 2.16. The van der Waals surface area contributed by atoms with E-state index in [1.807, 2.05) is 18.2 Å². The number of nitrogens with one attached hydrogen (secondary N) is 1. The molecule has 0 aliphatic carbocycles. The third-order valence-electron chi connectivity index (χ3n) is 2.32. The van der Waals surface area contributed by atoms with Crippen molar-refractivity contribution in [1.82, 2.24) is 0 Å². The van der Waals surface area contributed by atoms with Crippen LogP contribution in [0, 0.1) is 0 Å². The van der Waals surface area contributed by atoms with Crippen molar-refractivity contribution in [1.29, 1.82) is 0 Å². The highest BCUT2D eigenvalue weighted by Gasteiger charge is 2.06. The summed E-state index contributed by atoms with van der Waals surface area (Å²) in [6, 6.07) is 7.96. The molecule has 0 aliphatic rings. The molecule has 0 unspecified atom stereocenters. The molecule has 0 atom stereocenters. The Morgan fingerprint density at radius 2 is 2.06 bits per heavy atom. The van der Waals surface area contributed by atoms with Gasteiger partial charge in [-0.1, -0.05) is 28.1 Å². The van der Waals surface area contributed by atoms with Crippen LogP contribution in [0.4, 0.5) is 5.69 Å². The summed E-state index contributed by atoms with van der Waals surface area (Å²) in [4.78, 5) is 1.64. The first-order valence-corrected chi connectivity index (χ1v) is 8.00. The summed E-state index contributed by atoms with van der Waals surface area (Å²) < 4.78 is 2.07. The third-order valence-corrected chi connectivity index (χ3v) is 4.73. The summed E-state index contributed by atoms with van der Waals surface area (Å²) in [5.41, 5.74) is 7.53. The zero-order chi connectivity index (χ0) is 13.1. The van der Waals surface area contributed by atoms with Crippen LogP contribution in [0.5, 0.6) is 0 Å². The Morgan fingerprint density at radius 1 is 1.28 bits per heavy atom. The molecule has 0 saturated carbocycles. The number of halogens is 2. The second kappa shape index (κ2) is 6.14. The lowest BCUT2D eigenvalue weighted by atomic mass is 10.2. The van der Waals surface area contributed by atoms with E-state index in [1.54, 1.807) is 11.3 Å². The number of anilines is 1. The minimum absolute atomic E-state index is 0.395. The second-order valence-electron chi connectivity index (χ2n) is 3.64. The topological polar surface area (TPSA) is 38.0 Å². The van der Waals surface area contributed by atoms with Gasteiger partial charge in [0, 0.05) is 37.0 Å². The molecule has 0 spiro atoms. The number of thiophene rings is 1. The van der Waals surface area contributed by atoms with Crippen molar-refractivity contribution in [3.63, 3.8) is 0 Å². The van der Waals surface area contributed by atoms with Gasteiger partial charge in [-0.05, 0) is 40.2 Å². The van der Waals surface area contributed by atoms with E-state index in [4.69, 9.17) is 18.0 Å². The van der Waals surface area contributed by atoms with Crippen LogP contribution in [0.15, 0.2) is 38.6 Å². The van der Waals surface area contributed by atoms with E-state index in [-0.39, 0.29) is 0 Å². The van der Waals surface area contributed by atoms with Crippen molar-refractivity contribution < 1.29 is 0 Å². The molecule has 6 heteroatoms. The monoisotopic (exact) mass is 404 g/mol. The van der Waals surface area contributed by atoms with E-state index < -0.39 is 0 Å². The molecule has 0 fully saturated rings. The lowest BCUT2D eigenvalue weighted by Crippen LogP contribution is -2.13. The van der Waals surface area contributed by atoms with Crippen LogP contribution in [-0.4, -0.2) is 4.99 Å². The third kappa shape index (κ3) is 3.54. The normalized spacial score (nSPS) is 10.3. The van der Waals surface area contributed by atoms with Gasteiger partial charge in [0.15, 0.2) is 0 Å². The molecule has 2 aromatic rings. The molecule has 94 valence electrons. The van der Waals surface area contributed by atoms with Crippen molar-refractivity contribution in [2.45, 2.75) is 6.54 Å². The number of hydrogen-bond acceptors (Lipinski definition) is 3. The van der Waals surface area contributed by atoms with Gasteiger partial charge >= 0.3 is 0 Å². The number of rotatable bonds is 4. The molecule has 18 heavy (non-hydrogen) atoms. The summed E-state index contributed by atoms with van der Waals surface area (Å²) in [7, 11) is 0. The Bertz CT molecular complexity index is 581. The first kappa shape index (κ1) is 14.0. The van der Waals surface area contributed by atoms with Crippen molar-refractivity contribution >= 4 is 66.1 Å². The predicted octanol–water partition coefficient (Wildman–Crippen LogP) is 4.52. The number of thiocarbonyl (C=S) groups is 1. The van der Waals surface area contributed by atoms with Crippen molar-refractivity contribution in [2.75, 3.05) is 5.32 Å². The Morgan fingerprint density at radius 3 is 2.67 bits per heavy atom. The number of benzene rings is 1. The van der Waals surface area contributed by atoms with Gasteiger partial charge in [0.25, 0.3) is 0 Å². The maximum absolute atomic E-state index is 5.72. The van der Waals surface area contributed by atoms with Crippen molar-refractivity contribution in [3.8, 4) is 0 Å². The Kier molecular flexibility index (Phi) is 4.77. The van der Waals surface area contributed by atoms with Gasteiger partial charge in [0.2, 0.25) is 0 Å². The van der Waals surface area contributed by atoms with Gasteiger partial charge in [0.1, 0.15) is 4.99 Å². The fourth-order valence-corrected chi connectivity index (χ4v) is 3.42. The summed E-state index contributed by atoms with van der Waals surface area (Å²) in [6.45, 7) is 0.757. The molecule has 2 rings (SSSR count). The van der Waals surface area contributed by atoms with Gasteiger partial charge in [-0.15, -0.1) is 11.3 Å². The molecule has 0 aliphatic heterocycles. The molecule has 0 radical (unpaired) electrons. The second-order valence-corrected chi connectivity index (χ2v) is 6.91. The molecule has 1 heterocycles. The van der Waals surface area contributed by atoms with Crippen molar-refractivity contribution in [2.24, 2.45) is 5.73 Å². The molecule has 1 aromatic carbocycles. The van der Waals surface area contributed by atoms with E-state index in [0.717, 1.165) is 26.7 Å². The molecular weight excluding hydrogens is 396 g/mol. The summed E-state index contributed by atoms with van der Waals surface area (Å²) in [5.74, 6) is 0. The van der Waals surface area contributed by atoms with Gasteiger partial charge in [-0.2, -0.15) is 0 Å². The highest BCUT2D eigenvalue weighted by atomic mass is 79.9. The Labute approximate surface area is 132 Å². The van der Waals surface area contributed by atoms with E-state index in [1.165, 1.54) is 4.88 Å². The molecule has 0 amide bonds. The molecule has 1 aromatic heterocycles. The maximum atomic E-state index is 5.72. The smallest absolute Gasteiger partial charge is 0.106 e. The average Bonchev–Trinajstić information content (AvgIpc) is 2.73. The zero-order valence-corrected chi connectivity index (χ0v) is 14.0. The lowest BCUT2D eigenvalue weighted by molar-refractivity contribution is 1.19. The molecule has 0 saturated heterocycles. The van der Waals surface area contributed by atoms with E-state index in [2.05, 4.69) is 48.6 Å². The fourth-order valence-electron chi connectivity index (χ4n) is 1.50. The van der Waals surface area contributed by atoms with Gasteiger partial charge < -0.3 is 11.1 Å². The summed E-state index contributed by atoms with van der Waals surface area (Å²) in [6.07, 6.45) is 0. The van der Waals surface area contributed by atoms with E-state index in [9.17, 15) is 0 Å². The van der Waals surface area contributed by atoms with E-state index in [0.29, 0.717) is 4.99 Å². The van der Waals surface area contributed by atoms with Crippen LogP contribution in [0.2, 0.25) is 0 Å². The van der Waals surface area contributed by atoms with Crippen LogP contribution in [-0.2, 0) is 6.54 Å². The van der Waals surface area contributed by atoms with Crippen molar-refractivity contribution in [3.05, 3.63) is 49.0 Å². The van der Waals surface area contributed by atoms with Gasteiger partial charge in [0.05, 0.1) is 0 Å². The standard InChI is InChI=1S/C12H10Br2N2S2/c13-7-1-2-11(10(4-7)12(15)17)16-5-9-3-8(14)6-18-9/h1-4,6,16H,5H2,(H2,15,17). The summed E-state index contributed by atoms with van der Waals surface area (Å²) >= 11 is 13.6. The fraction of sp³-hybridized carbons (Fsp3) is 0.0833. The predicted molar refractivity (Wildman–Crippen MR) is 89.4 cm³/mol. The Hall–Kier alpha value is -0.430. The van der Waals surface area contributed by atoms with Crippen LogP contribution < -0.4 is 11.1 Å². The number of nitrogens with two attached hydrogens (primary N) is 1. The van der Waals surface area contributed by atoms with Crippen LogP contribution in [0.3, 0.4) is 0 Å². The highest BCUT2D eigenvalue weighted by molar-refractivity contribution is 9.10. The average molecular weight is 406 g/mol. The van der Waals surface area contributed by atoms with Crippen LogP contribution in [0.1, 0.15) is 10.4 Å². The minimum Gasteiger partial charge on any atom is -0.389 e. The molecule has 0 bridgehead atoms. The molecule has 2 nitrogen and oxygen atoms in total. The largest absolute Gasteiger partial charge is 0.389 e. The van der Waals surface area contributed by atoms with Crippen LogP contribution in [0.25, 0.3) is 0 Å². The summed E-state index contributed by atoms with van der Waals surface area (Å²) in [5, 5.41) is 5.42. The molecule has 3 N–H and O–H groups in total.